The number of aryl methyl sites for hydroxylation is 1. The van der Waals surface area contributed by atoms with E-state index in [1.807, 2.05) is 24.3 Å². The van der Waals surface area contributed by atoms with E-state index in [9.17, 15) is 0 Å². The molecule has 0 fully saturated rings. The number of fused-ring (bicyclic) bond motifs is 5. The minimum Gasteiger partial charge on any atom is -0.493 e. The molecule has 0 amide bonds. The van der Waals surface area contributed by atoms with Gasteiger partial charge in [-0.2, -0.15) is 0 Å². The van der Waals surface area contributed by atoms with Crippen molar-refractivity contribution in [3.8, 4) is 21.9 Å². The molecule has 4 bridgehead atoms. The Balaban J connectivity index is 1.44. The van der Waals surface area contributed by atoms with Crippen LogP contribution >= 0.6 is 11.3 Å². The van der Waals surface area contributed by atoms with E-state index >= 15 is 0 Å². The van der Waals surface area contributed by atoms with Crippen LogP contribution in [0.25, 0.3) is 21.3 Å². The van der Waals surface area contributed by atoms with Gasteiger partial charge in [-0.3, -0.25) is 0 Å². The minimum atomic E-state index is -2.37. The molecule has 3 heterocycles. The topological polar surface area (TPSA) is 105 Å². The predicted molar refractivity (Wildman–Crippen MR) is 173 cm³/mol. The molecule has 1 aliphatic rings. The van der Waals surface area contributed by atoms with Gasteiger partial charge in [0.1, 0.15) is 18.2 Å². The van der Waals surface area contributed by atoms with Crippen LogP contribution in [-0.2, 0) is 25.5 Å². The second kappa shape index (κ2) is 16.7. The summed E-state index contributed by atoms with van der Waals surface area (Å²) in [5, 5.41) is 7.31. The molecule has 5 rings (SSSR count). The third-order valence-corrected chi connectivity index (χ3v) is 8.09. The Labute approximate surface area is 267 Å². The maximum atomic E-state index is 8.47. The third-order valence-electron chi connectivity index (χ3n) is 6.91. The number of rotatable bonds is 1. The average Bonchev–Trinajstić information content (AvgIpc) is 3.53. The molecule has 236 valence electrons. The minimum absolute atomic E-state index is 0.271. The second-order valence-electron chi connectivity index (χ2n) is 10.1. The highest BCUT2D eigenvalue weighted by molar-refractivity contribution is 7.15. The lowest BCUT2D eigenvalue weighted by Crippen LogP contribution is -2.20. The summed E-state index contributed by atoms with van der Waals surface area (Å²) in [7, 11) is 1.56. The molecule has 10 nitrogen and oxygen atoms in total. The summed E-state index contributed by atoms with van der Waals surface area (Å²) in [6.07, 6.45) is 0. The van der Waals surface area contributed by atoms with Gasteiger partial charge >= 0.3 is 0 Å². The number of thiophene rings is 1. The number of hydrogen-bond acceptors (Lipinski definition) is 11. The van der Waals surface area contributed by atoms with Crippen molar-refractivity contribution in [1.82, 2.24) is 15.3 Å². The number of hydrogen-bond donors (Lipinski definition) is 2. The largest absolute Gasteiger partial charge is 0.493 e. The van der Waals surface area contributed by atoms with E-state index in [4.69, 9.17) is 32.5 Å². The zero-order valence-electron chi connectivity index (χ0n) is 28.2. The number of aromatic nitrogens is 2. The molecule has 0 spiro atoms. The number of nitrogens with zero attached hydrogens (tertiary/aromatic N) is 2. The normalized spacial score (nSPS) is 19.7. The zero-order chi connectivity index (χ0) is 33.1. The highest BCUT2D eigenvalue weighted by atomic mass is 32.1. The molecule has 11 heteroatoms. The molecule has 0 aliphatic carbocycles. The Morgan fingerprint density at radius 3 is 2.36 bits per heavy atom. The standard InChI is InChI=1S/C33H42N4O6S/c1-23-31-8-9-32(44-31)26-7-5-4-6-25(26)22-34-10-11-39-12-13-40-14-15-41-16-17-42-18-19-43-30-20-27-28(21-29(30)38-3)36-24(2)37-33(27)35-23/h4-9,20-21,23,34H,10-19,22H2,1-3H3,(H,35,36,37)/t23-/m1/s1/i1D3. The fraction of sp³-hybridized carbons (Fsp3) is 0.455. The summed E-state index contributed by atoms with van der Waals surface area (Å²) in [5.41, 5.74) is 2.76. The molecular formula is C33H42N4O6S. The van der Waals surface area contributed by atoms with E-state index in [-0.39, 0.29) is 6.61 Å². The Morgan fingerprint density at radius 1 is 0.886 bits per heavy atom. The number of ether oxygens (including phenoxy) is 6. The predicted octanol–water partition coefficient (Wildman–Crippen LogP) is 5.40. The molecule has 44 heavy (non-hydrogen) atoms. The van der Waals surface area contributed by atoms with Gasteiger partial charge in [-0.05, 0) is 43.1 Å². The van der Waals surface area contributed by atoms with Crippen molar-refractivity contribution in [2.75, 3.05) is 78.4 Å². The highest BCUT2D eigenvalue weighted by Gasteiger charge is 2.17. The fourth-order valence-corrected chi connectivity index (χ4v) is 5.76. The van der Waals surface area contributed by atoms with Crippen molar-refractivity contribution >= 4 is 28.1 Å². The van der Waals surface area contributed by atoms with Crippen molar-refractivity contribution in [2.45, 2.75) is 26.4 Å². The summed E-state index contributed by atoms with van der Waals surface area (Å²) in [5.74, 6) is 1.86. The number of benzene rings is 2. The third kappa shape index (κ3) is 8.87. The SMILES string of the molecule is [2H]C([2H])([2H])[C@H]1Nc2nc(C)nc3cc(OC)c(cc23)OCCOCCOCCOCCOCCNCc2ccccc2-c2ccc1s2. The molecule has 0 saturated heterocycles. The van der Waals surface area contributed by atoms with E-state index in [2.05, 4.69) is 32.7 Å². The summed E-state index contributed by atoms with van der Waals surface area (Å²) < 4.78 is 59.5. The first-order valence-corrected chi connectivity index (χ1v) is 15.6. The van der Waals surface area contributed by atoms with Gasteiger partial charge < -0.3 is 39.1 Å². The first-order valence-electron chi connectivity index (χ1n) is 16.3. The molecule has 4 aromatic rings. The first kappa shape index (κ1) is 28.2. The average molecular weight is 626 g/mol. The van der Waals surface area contributed by atoms with Gasteiger partial charge in [0.05, 0.1) is 71.5 Å². The lowest BCUT2D eigenvalue weighted by molar-refractivity contribution is -0.00433. The zero-order valence-corrected chi connectivity index (χ0v) is 26.0. The van der Waals surface area contributed by atoms with Crippen LogP contribution in [0.3, 0.4) is 0 Å². The van der Waals surface area contributed by atoms with Crippen molar-refractivity contribution in [3.05, 3.63) is 64.8 Å². The molecule has 1 atom stereocenters. The van der Waals surface area contributed by atoms with Gasteiger partial charge in [-0.15, -0.1) is 11.3 Å². The van der Waals surface area contributed by atoms with Gasteiger partial charge in [0.25, 0.3) is 0 Å². The van der Waals surface area contributed by atoms with Crippen molar-refractivity contribution in [3.63, 3.8) is 0 Å². The highest BCUT2D eigenvalue weighted by Crippen LogP contribution is 2.37. The summed E-state index contributed by atoms with van der Waals surface area (Å²) in [6, 6.07) is 14.5. The lowest BCUT2D eigenvalue weighted by Gasteiger charge is -2.17. The van der Waals surface area contributed by atoms with Crippen molar-refractivity contribution in [2.24, 2.45) is 0 Å². The van der Waals surface area contributed by atoms with Gasteiger partial charge in [-0.25, -0.2) is 9.97 Å². The van der Waals surface area contributed by atoms with Crippen LogP contribution in [0, 0.1) is 6.92 Å². The summed E-state index contributed by atoms with van der Waals surface area (Å²) in [4.78, 5) is 10.9. The Morgan fingerprint density at radius 2 is 1.61 bits per heavy atom. The van der Waals surface area contributed by atoms with Gasteiger partial charge in [0.2, 0.25) is 0 Å². The second-order valence-corrected chi connectivity index (χ2v) is 11.2. The van der Waals surface area contributed by atoms with Crippen LogP contribution in [0.15, 0.2) is 48.5 Å². The van der Waals surface area contributed by atoms with E-state index in [1.54, 1.807) is 26.2 Å². The number of anilines is 1. The Hall–Kier alpha value is -3.32. The molecule has 1 aliphatic heterocycles. The van der Waals surface area contributed by atoms with E-state index < -0.39 is 12.9 Å². The number of methoxy groups -OCH3 is 1. The van der Waals surface area contributed by atoms with Crippen LogP contribution in [-0.4, -0.2) is 83.1 Å². The maximum absolute atomic E-state index is 8.47. The molecule has 2 N–H and O–H groups in total. The van der Waals surface area contributed by atoms with E-state index in [0.717, 1.165) is 16.0 Å². The number of nitrogens with one attached hydrogen (secondary N) is 2. The Kier molecular flexibility index (Phi) is 10.7. The first-order chi connectivity index (χ1) is 22.8. The van der Waals surface area contributed by atoms with Gasteiger partial charge in [0.15, 0.2) is 11.5 Å². The monoisotopic (exact) mass is 625 g/mol. The molecule has 2 aromatic heterocycles. The molecular weight excluding hydrogens is 580 g/mol. The molecule has 0 unspecified atom stereocenters. The Bertz CT molecular complexity index is 1590. The van der Waals surface area contributed by atoms with Crippen molar-refractivity contribution in [1.29, 1.82) is 0 Å². The quantitative estimate of drug-likeness (QED) is 0.286. The van der Waals surface area contributed by atoms with Crippen LogP contribution in [0.2, 0.25) is 0 Å². The van der Waals surface area contributed by atoms with Gasteiger partial charge in [0, 0.05) is 38.4 Å². The molecule has 2 aromatic carbocycles. The van der Waals surface area contributed by atoms with Gasteiger partial charge in [-0.1, -0.05) is 24.3 Å². The van der Waals surface area contributed by atoms with Crippen LogP contribution in [0.4, 0.5) is 5.82 Å². The molecule has 0 saturated carbocycles. The van der Waals surface area contributed by atoms with Crippen LogP contribution in [0.5, 0.6) is 11.5 Å². The summed E-state index contributed by atoms with van der Waals surface area (Å²) >= 11 is 1.45. The summed E-state index contributed by atoms with van der Waals surface area (Å²) in [6.45, 7) is 4.72. The van der Waals surface area contributed by atoms with Crippen LogP contribution in [0.1, 0.15) is 33.3 Å². The van der Waals surface area contributed by atoms with Crippen LogP contribution < -0.4 is 20.1 Å². The van der Waals surface area contributed by atoms with E-state index in [1.165, 1.54) is 11.3 Å². The maximum Gasteiger partial charge on any atom is 0.162 e. The van der Waals surface area contributed by atoms with E-state index in [0.29, 0.717) is 105 Å². The lowest BCUT2D eigenvalue weighted by atomic mass is 10.1. The molecule has 0 radical (unpaired) electrons. The smallest absolute Gasteiger partial charge is 0.162 e. The fourth-order valence-electron chi connectivity index (χ4n) is 4.75. The van der Waals surface area contributed by atoms with Crippen molar-refractivity contribution < 1.29 is 32.5 Å².